The number of ketones is 1. The minimum atomic E-state index is -0.339. The van der Waals surface area contributed by atoms with Crippen LogP contribution in [0, 0.1) is 5.92 Å². The molecule has 3 nitrogen and oxygen atoms in total. The Bertz CT molecular complexity index is 154. The summed E-state index contributed by atoms with van der Waals surface area (Å²) in [5.41, 5.74) is 0. The summed E-state index contributed by atoms with van der Waals surface area (Å²) in [4.78, 5) is 10.8. The van der Waals surface area contributed by atoms with Crippen LogP contribution >= 0.6 is 11.6 Å². The van der Waals surface area contributed by atoms with E-state index < -0.39 is 0 Å². The summed E-state index contributed by atoms with van der Waals surface area (Å²) < 4.78 is 0. The molecule has 0 saturated carbocycles. The Morgan fingerprint density at radius 3 is 2.50 bits per heavy atom. The molecule has 0 aliphatic heterocycles. The average Bonchev–Trinajstić information content (AvgIpc) is 1.85. The van der Waals surface area contributed by atoms with Crippen LogP contribution in [0.1, 0.15) is 20.3 Å². The summed E-state index contributed by atoms with van der Waals surface area (Å²) in [7, 11) is 0. The van der Waals surface area contributed by atoms with E-state index in [1.807, 2.05) is 13.8 Å². The molecular weight excluding hydrogens is 154 g/mol. The van der Waals surface area contributed by atoms with E-state index in [-0.39, 0.29) is 16.9 Å². The highest BCUT2D eigenvalue weighted by Crippen LogP contribution is 2.02. The quantitative estimate of drug-likeness (QED) is 0.391. The van der Waals surface area contributed by atoms with E-state index in [4.69, 9.17) is 16.8 Å². The number of carbonyl (C=O) groups is 1. The third-order valence-corrected chi connectivity index (χ3v) is 1.20. The summed E-state index contributed by atoms with van der Waals surface area (Å²) in [5, 5.41) is 10.3. The second-order valence-corrected chi connectivity index (χ2v) is 2.77. The third-order valence-electron chi connectivity index (χ3n) is 0.912. The first-order valence-corrected chi connectivity index (χ1v) is 3.36. The molecule has 1 N–H and O–H groups in total. The van der Waals surface area contributed by atoms with Gasteiger partial charge in [0.15, 0.2) is 5.78 Å². The van der Waals surface area contributed by atoms with Crippen LogP contribution in [0.15, 0.2) is 5.16 Å². The molecule has 58 valence electrons. The Hall–Kier alpha value is -0.570. The van der Waals surface area contributed by atoms with Gasteiger partial charge in [0, 0.05) is 6.42 Å². The van der Waals surface area contributed by atoms with Crippen LogP contribution in [0.3, 0.4) is 0 Å². The SMILES string of the molecule is CC(C)CC(=O)C(Cl)=NO. The smallest absolute Gasteiger partial charge is 0.211 e. The first kappa shape index (κ1) is 9.43. The van der Waals surface area contributed by atoms with Crippen molar-refractivity contribution in [2.75, 3.05) is 0 Å². The molecular formula is C6H10ClNO2. The van der Waals surface area contributed by atoms with Crippen LogP contribution in [-0.2, 0) is 4.79 Å². The number of carbonyl (C=O) groups excluding carboxylic acids is 1. The summed E-state index contributed by atoms with van der Waals surface area (Å²) in [6.45, 7) is 3.78. The van der Waals surface area contributed by atoms with Crippen molar-refractivity contribution < 1.29 is 10.0 Å². The monoisotopic (exact) mass is 163 g/mol. The minimum Gasteiger partial charge on any atom is -0.410 e. The second-order valence-electron chi connectivity index (χ2n) is 2.41. The molecule has 4 heteroatoms. The lowest BCUT2D eigenvalue weighted by atomic mass is 10.1. The molecule has 0 amide bonds. The van der Waals surface area contributed by atoms with Gasteiger partial charge < -0.3 is 5.21 Å². The molecule has 10 heavy (non-hydrogen) atoms. The van der Waals surface area contributed by atoms with Crippen LogP contribution in [0.4, 0.5) is 0 Å². The fourth-order valence-electron chi connectivity index (χ4n) is 0.511. The van der Waals surface area contributed by atoms with Crippen molar-refractivity contribution in [1.29, 1.82) is 0 Å². The van der Waals surface area contributed by atoms with E-state index in [0.717, 1.165) is 0 Å². The maximum Gasteiger partial charge on any atom is 0.211 e. The first-order chi connectivity index (χ1) is 4.57. The minimum absolute atomic E-state index is 0.239. The molecule has 0 bridgehead atoms. The van der Waals surface area contributed by atoms with E-state index in [0.29, 0.717) is 6.42 Å². The lowest BCUT2D eigenvalue weighted by molar-refractivity contribution is -0.113. The van der Waals surface area contributed by atoms with Crippen molar-refractivity contribution >= 4 is 22.6 Å². The van der Waals surface area contributed by atoms with Gasteiger partial charge in [-0.25, -0.2) is 0 Å². The maximum absolute atomic E-state index is 10.8. The van der Waals surface area contributed by atoms with Gasteiger partial charge in [0.25, 0.3) is 0 Å². The number of halogens is 1. The molecule has 0 aromatic heterocycles. The Morgan fingerprint density at radius 1 is 1.70 bits per heavy atom. The molecule has 0 heterocycles. The average molecular weight is 164 g/mol. The summed E-state index contributed by atoms with van der Waals surface area (Å²) >= 11 is 5.21. The molecule has 0 aliphatic rings. The number of Topliss-reactive ketones (excluding diaryl/α,β-unsaturated/α-hetero) is 1. The molecule has 0 saturated heterocycles. The summed E-state index contributed by atoms with van der Waals surface area (Å²) in [6.07, 6.45) is 0.322. The molecule has 0 aromatic carbocycles. The number of hydrogen-bond acceptors (Lipinski definition) is 3. The summed E-state index contributed by atoms with van der Waals surface area (Å²) in [6, 6.07) is 0. The van der Waals surface area contributed by atoms with Crippen molar-refractivity contribution in [1.82, 2.24) is 0 Å². The van der Waals surface area contributed by atoms with Crippen molar-refractivity contribution in [2.45, 2.75) is 20.3 Å². The van der Waals surface area contributed by atoms with Crippen molar-refractivity contribution in [3.8, 4) is 0 Å². The van der Waals surface area contributed by atoms with Gasteiger partial charge in [0.1, 0.15) is 0 Å². The van der Waals surface area contributed by atoms with E-state index in [1.54, 1.807) is 0 Å². The maximum atomic E-state index is 10.8. The first-order valence-electron chi connectivity index (χ1n) is 2.98. The van der Waals surface area contributed by atoms with Crippen LogP contribution in [0.25, 0.3) is 0 Å². The zero-order chi connectivity index (χ0) is 8.15. The lowest BCUT2D eigenvalue weighted by Crippen LogP contribution is -2.10. The van der Waals surface area contributed by atoms with Gasteiger partial charge in [-0.05, 0) is 5.92 Å². The van der Waals surface area contributed by atoms with Crippen molar-refractivity contribution in [3.63, 3.8) is 0 Å². The zero-order valence-electron chi connectivity index (χ0n) is 5.97. The van der Waals surface area contributed by atoms with Gasteiger partial charge in [-0.15, -0.1) is 0 Å². The fraction of sp³-hybridized carbons (Fsp3) is 0.667. The molecule has 0 aliphatic carbocycles. The second kappa shape index (κ2) is 4.28. The molecule has 0 atom stereocenters. The van der Waals surface area contributed by atoms with Gasteiger partial charge in [-0.3, -0.25) is 4.79 Å². The van der Waals surface area contributed by atoms with Gasteiger partial charge in [-0.2, -0.15) is 0 Å². The predicted octanol–water partition coefficient (Wildman–Crippen LogP) is 1.63. The molecule has 0 spiro atoms. The molecule has 0 rings (SSSR count). The van der Waals surface area contributed by atoms with Gasteiger partial charge >= 0.3 is 0 Å². The molecule has 0 radical (unpaired) electrons. The molecule has 0 fully saturated rings. The largest absolute Gasteiger partial charge is 0.410 e. The van der Waals surface area contributed by atoms with Gasteiger partial charge in [0.05, 0.1) is 0 Å². The highest BCUT2D eigenvalue weighted by Gasteiger charge is 2.10. The topological polar surface area (TPSA) is 49.7 Å². The lowest BCUT2D eigenvalue weighted by Gasteiger charge is -1.99. The summed E-state index contributed by atoms with van der Waals surface area (Å²) in [5.74, 6) is -0.0813. The fourth-order valence-corrected chi connectivity index (χ4v) is 0.588. The van der Waals surface area contributed by atoms with Crippen LogP contribution in [0.2, 0.25) is 0 Å². The number of nitrogens with zero attached hydrogens (tertiary/aromatic N) is 1. The third kappa shape index (κ3) is 3.45. The molecule has 0 aromatic rings. The highest BCUT2D eigenvalue weighted by atomic mass is 35.5. The number of rotatable bonds is 3. The predicted molar refractivity (Wildman–Crippen MR) is 39.5 cm³/mol. The normalized spacial score (nSPS) is 12.2. The van der Waals surface area contributed by atoms with Crippen LogP contribution < -0.4 is 0 Å². The van der Waals surface area contributed by atoms with Gasteiger partial charge in [0.2, 0.25) is 5.17 Å². The van der Waals surface area contributed by atoms with Crippen LogP contribution in [0.5, 0.6) is 0 Å². The molecule has 0 unspecified atom stereocenters. The Balaban J connectivity index is 3.86. The Labute approximate surface area is 64.7 Å². The van der Waals surface area contributed by atoms with E-state index in [2.05, 4.69) is 5.16 Å². The van der Waals surface area contributed by atoms with E-state index >= 15 is 0 Å². The Morgan fingerprint density at radius 2 is 2.20 bits per heavy atom. The highest BCUT2D eigenvalue weighted by molar-refractivity contribution is 6.82. The zero-order valence-corrected chi connectivity index (χ0v) is 6.72. The Kier molecular flexibility index (Phi) is 4.03. The van der Waals surface area contributed by atoms with Crippen LogP contribution in [-0.4, -0.2) is 16.2 Å². The van der Waals surface area contributed by atoms with E-state index in [1.165, 1.54) is 0 Å². The standard InChI is InChI=1S/C6H10ClNO2/c1-4(2)3-5(9)6(7)8-10/h4,10H,3H2,1-2H3. The van der Waals surface area contributed by atoms with Crippen molar-refractivity contribution in [3.05, 3.63) is 0 Å². The van der Waals surface area contributed by atoms with Gasteiger partial charge in [-0.1, -0.05) is 30.6 Å². The number of hydrogen-bond donors (Lipinski definition) is 1. The van der Waals surface area contributed by atoms with Crippen molar-refractivity contribution in [2.24, 2.45) is 11.1 Å². The van der Waals surface area contributed by atoms with E-state index in [9.17, 15) is 4.79 Å². The number of oxime groups is 1.